The molecule has 1 atom stereocenters. The highest BCUT2D eigenvalue weighted by atomic mass is 19.1. The van der Waals surface area contributed by atoms with Crippen molar-refractivity contribution in [2.24, 2.45) is 0 Å². The lowest BCUT2D eigenvalue weighted by Gasteiger charge is -2.13. The van der Waals surface area contributed by atoms with Gasteiger partial charge in [-0.2, -0.15) is 0 Å². The molecule has 0 fully saturated rings. The average Bonchev–Trinajstić information content (AvgIpc) is 2.54. The highest BCUT2D eigenvalue weighted by Gasteiger charge is 2.19. The molecule has 0 spiro atoms. The molecule has 2 aromatic rings. The van der Waals surface area contributed by atoms with Crippen molar-refractivity contribution in [1.29, 1.82) is 0 Å². The van der Waals surface area contributed by atoms with Crippen molar-refractivity contribution < 1.29 is 19.1 Å². The largest absolute Gasteiger partial charge is 0.480 e. The number of nitrogens with one attached hydrogen (secondary N) is 1. The van der Waals surface area contributed by atoms with E-state index in [4.69, 9.17) is 0 Å². The first-order valence-corrected chi connectivity index (χ1v) is 7.47. The summed E-state index contributed by atoms with van der Waals surface area (Å²) in [7, 11) is 0. The van der Waals surface area contributed by atoms with E-state index >= 15 is 0 Å². The van der Waals surface area contributed by atoms with E-state index in [-0.39, 0.29) is 12.0 Å². The Hall–Kier alpha value is -2.95. The van der Waals surface area contributed by atoms with E-state index in [1.54, 1.807) is 43.3 Å². The number of rotatable bonds is 6. The number of aliphatic carboxylic acids is 1. The van der Waals surface area contributed by atoms with E-state index in [1.165, 1.54) is 12.1 Å². The van der Waals surface area contributed by atoms with Crippen LogP contribution in [0.15, 0.2) is 54.6 Å². The minimum Gasteiger partial charge on any atom is -0.480 e. The third-order valence-corrected chi connectivity index (χ3v) is 3.47. The fourth-order valence-electron chi connectivity index (χ4n) is 2.20. The molecule has 24 heavy (non-hydrogen) atoms. The Morgan fingerprint density at radius 3 is 2.54 bits per heavy atom. The molecule has 2 rings (SSSR count). The summed E-state index contributed by atoms with van der Waals surface area (Å²) in [5.74, 6) is -2.14. The number of carbonyl (C=O) groups is 2. The summed E-state index contributed by atoms with van der Waals surface area (Å²) in [4.78, 5) is 23.2. The Bertz CT molecular complexity index is 756. The number of hydrogen-bond donors (Lipinski definition) is 2. The van der Waals surface area contributed by atoms with E-state index in [2.05, 4.69) is 5.32 Å². The Labute approximate surface area is 139 Å². The fraction of sp³-hybridized carbons (Fsp3) is 0.158. The molecule has 1 unspecified atom stereocenters. The van der Waals surface area contributed by atoms with Crippen LogP contribution in [0.25, 0.3) is 6.08 Å². The van der Waals surface area contributed by atoms with Crippen molar-refractivity contribution in [3.63, 3.8) is 0 Å². The van der Waals surface area contributed by atoms with Crippen molar-refractivity contribution in [1.82, 2.24) is 5.32 Å². The van der Waals surface area contributed by atoms with E-state index in [1.807, 2.05) is 6.07 Å². The number of amides is 1. The van der Waals surface area contributed by atoms with Crippen LogP contribution in [-0.4, -0.2) is 23.0 Å². The van der Waals surface area contributed by atoms with Crippen molar-refractivity contribution >= 4 is 18.0 Å². The van der Waals surface area contributed by atoms with Gasteiger partial charge in [0.1, 0.15) is 11.9 Å². The molecule has 0 radical (unpaired) electrons. The van der Waals surface area contributed by atoms with Gasteiger partial charge in [0, 0.05) is 18.1 Å². The van der Waals surface area contributed by atoms with Gasteiger partial charge in [0.25, 0.3) is 0 Å². The van der Waals surface area contributed by atoms with Gasteiger partial charge < -0.3 is 10.4 Å². The van der Waals surface area contributed by atoms with E-state index < -0.39 is 23.7 Å². The summed E-state index contributed by atoms with van der Waals surface area (Å²) in [6, 6.07) is 12.6. The van der Waals surface area contributed by atoms with Crippen LogP contribution in [0, 0.1) is 12.7 Å². The van der Waals surface area contributed by atoms with Crippen molar-refractivity contribution in [3.05, 3.63) is 77.1 Å². The maximum Gasteiger partial charge on any atom is 0.326 e. The Balaban J connectivity index is 2.02. The van der Waals surface area contributed by atoms with Crippen molar-refractivity contribution in [3.8, 4) is 0 Å². The fourth-order valence-corrected chi connectivity index (χ4v) is 2.20. The number of carbonyl (C=O) groups excluding carboxylic acids is 1. The van der Waals surface area contributed by atoms with Gasteiger partial charge in [-0.25, -0.2) is 9.18 Å². The summed E-state index contributed by atoms with van der Waals surface area (Å²) in [6.07, 6.45) is 2.63. The smallest absolute Gasteiger partial charge is 0.326 e. The highest BCUT2D eigenvalue weighted by molar-refractivity contribution is 5.94. The average molecular weight is 327 g/mol. The van der Waals surface area contributed by atoms with Crippen LogP contribution in [-0.2, 0) is 16.0 Å². The van der Waals surface area contributed by atoms with Gasteiger partial charge in [-0.15, -0.1) is 0 Å². The first-order chi connectivity index (χ1) is 11.5. The Kier molecular flexibility index (Phi) is 5.84. The van der Waals surface area contributed by atoms with E-state index in [9.17, 15) is 19.1 Å². The molecule has 0 aliphatic carbocycles. The molecule has 0 heterocycles. The van der Waals surface area contributed by atoms with Crippen LogP contribution in [0.5, 0.6) is 0 Å². The minimum atomic E-state index is -1.12. The summed E-state index contributed by atoms with van der Waals surface area (Å²) < 4.78 is 13.7. The molecule has 1 amide bonds. The third-order valence-electron chi connectivity index (χ3n) is 3.47. The second-order valence-corrected chi connectivity index (χ2v) is 5.45. The maximum atomic E-state index is 13.7. The first-order valence-electron chi connectivity index (χ1n) is 7.47. The van der Waals surface area contributed by atoms with Crippen LogP contribution in [0.1, 0.15) is 16.7 Å². The highest BCUT2D eigenvalue weighted by Crippen LogP contribution is 2.11. The predicted molar refractivity (Wildman–Crippen MR) is 89.9 cm³/mol. The van der Waals surface area contributed by atoms with Gasteiger partial charge >= 0.3 is 5.97 Å². The van der Waals surface area contributed by atoms with E-state index in [0.29, 0.717) is 0 Å². The number of carboxylic acids is 1. The second kappa shape index (κ2) is 8.06. The number of carboxylic acid groups (broad SMARTS) is 1. The van der Waals surface area contributed by atoms with Crippen LogP contribution in [0.3, 0.4) is 0 Å². The molecule has 0 saturated carbocycles. The molecular formula is C19H18FNO3. The summed E-state index contributed by atoms with van der Waals surface area (Å²) in [6.45, 7) is 1.77. The zero-order valence-electron chi connectivity index (χ0n) is 13.2. The number of benzene rings is 2. The molecule has 0 aromatic heterocycles. The van der Waals surface area contributed by atoms with Crippen LogP contribution in [0.2, 0.25) is 0 Å². The lowest BCUT2D eigenvalue weighted by molar-refractivity contribution is -0.141. The molecule has 4 nitrogen and oxygen atoms in total. The standard InChI is InChI=1S/C19H18FNO3/c1-13-7-8-15(16(20)11-13)9-10-18(22)21-17(19(23)24)12-14-5-3-2-4-6-14/h2-11,17H,12H2,1H3,(H,21,22)(H,23,24). The molecule has 0 aliphatic rings. The topological polar surface area (TPSA) is 66.4 Å². The quantitative estimate of drug-likeness (QED) is 0.802. The van der Waals surface area contributed by atoms with Gasteiger partial charge in [-0.05, 0) is 30.2 Å². The monoisotopic (exact) mass is 327 g/mol. The molecule has 5 heteroatoms. The number of aryl methyl sites for hydroxylation is 1. The lowest BCUT2D eigenvalue weighted by atomic mass is 10.1. The van der Waals surface area contributed by atoms with Crippen LogP contribution < -0.4 is 5.32 Å². The minimum absolute atomic E-state index is 0.175. The zero-order chi connectivity index (χ0) is 17.5. The van der Waals surface area contributed by atoms with Crippen LogP contribution in [0.4, 0.5) is 4.39 Å². The second-order valence-electron chi connectivity index (χ2n) is 5.45. The first kappa shape index (κ1) is 17.4. The Morgan fingerprint density at radius 2 is 1.92 bits per heavy atom. The molecule has 124 valence electrons. The molecule has 0 saturated heterocycles. The Morgan fingerprint density at radius 1 is 1.21 bits per heavy atom. The predicted octanol–water partition coefficient (Wildman–Crippen LogP) is 2.96. The van der Waals surface area contributed by atoms with Crippen LogP contribution >= 0.6 is 0 Å². The third kappa shape index (κ3) is 5.05. The molecule has 2 N–H and O–H groups in total. The van der Waals surface area contributed by atoms with E-state index in [0.717, 1.165) is 17.2 Å². The molecular weight excluding hydrogens is 309 g/mol. The number of halogens is 1. The summed E-state index contributed by atoms with van der Waals surface area (Å²) in [5.41, 5.74) is 1.85. The lowest BCUT2D eigenvalue weighted by Crippen LogP contribution is -2.41. The summed E-state index contributed by atoms with van der Waals surface area (Å²) in [5, 5.41) is 11.7. The van der Waals surface area contributed by atoms with Gasteiger partial charge in [0.15, 0.2) is 0 Å². The van der Waals surface area contributed by atoms with Gasteiger partial charge in [-0.3, -0.25) is 4.79 Å². The molecule has 0 aliphatic heterocycles. The van der Waals surface area contributed by atoms with Crippen molar-refractivity contribution in [2.75, 3.05) is 0 Å². The summed E-state index contributed by atoms with van der Waals surface area (Å²) >= 11 is 0. The zero-order valence-corrected chi connectivity index (χ0v) is 13.2. The van der Waals surface area contributed by atoms with Gasteiger partial charge in [0.2, 0.25) is 5.91 Å². The van der Waals surface area contributed by atoms with Gasteiger partial charge in [0.05, 0.1) is 0 Å². The SMILES string of the molecule is Cc1ccc(C=CC(=O)NC(Cc2ccccc2)C(=O)O)c(F)c1. The van der Waals surface area contributed by atoms with Gasteiger partial charge in [-0.1, -0.05) is 42.5 Å². The number of hydrogen-bond acceptors (Lipinski definition) is 2. The molecule has 0 bridgehead atoms. The maximum absolute atomic E-state index is 13.7. The normalized spacial score (nSPS) is 12.1. The van der Waals surface area contributed by atoms with Crippen molar-refractivity contribution in [2.45, 2.75) is 19.4 Å². The molecule has 2 aromatic carbocycles.